The Morgan fingerprint density at radius 2 is 2.00 bits per heavy atom. The van der Waals surface area contributed by atoms with Gasteiger partial charge in [-0.05, 0) is 45.7 Å². The minimum Gasteiger partial charge on any atom is -0.444 e. The van der Waals surface area contributed by atoms with E-state index in [1.54, 1.807) is 40.0 Å². The minimum absolute atomic E-state index is 0.0817. The first-order valence-corrected chi connectivity index (χ1v) is 11.4. The third kappa shape index (κ3) is 6.14. The number of carbonyl (C=O) groups excluding carboxylic acids is 3. The van der Waals surface area contributed by atoms with Crippen molar-refractivity contribution in [2.24, 2.45) is 7.05 Å². The quantitative estimate of drug-likeness (QED) is 0.396. The van der Waals surface area contributed by atoms with Crippen molar-refractivity contribution in [3.05, 3.63) is 34.2 Å². The smallest absolute Gasteiger partial charge is 0.407 e. The van der Waals surface area contributed by atoms with Gasteiger partial charge in [0.1, 0.15) is 18.0 Å². The lowest BCUT2D eigenvalue weighted by Gasteiger charge is -2.21. The summed E-state index contributed by atoms with van der Waals surface area (Å²) in [7, 11) is 1.65. The predicted octanol–water partition coefficient (Wildman–Crippen LogP) is 2.49. The van der Waals surface area contributed by atoms with Gasteiger partial charge in [0.15, 0.2) is 5.78 Å². The van der Waals surface area contributed by atoms with Crippen LogP contribution in [0.1, 0.15) is 58.1 Å². The van der Waals surface area contributed by atoms with E-state index in [0.29, 0.717) is 49.0 Å². The molecule has 34 heavy (non-hydrogen) atoms. The van der Waals surface area contributed by atoms with E-state index in [9.17, 15) is 19.2 Å². The fraction of sp³-hybridized carbons (Fsp3) is 0.520. The zero-order chi connectivity index (χ0) is 24.9. The monoisotopic (exact) mass is 469 g/mol. The highest BCUT2D eigenvalue weighted by Crippen LogP contribution is 2.27. The highest BCUT2D eigenvalue weighted by Gasteiger charge is 2.31. The number of amides is 1. The van der Waals surface area contributed by atoms with Crippen LogP contribution in [0, 0.1) is 11.8 Å². The highest BCUT2D eigenvalue weighted by atomic mass is 16.6. The second kappa shape index (κ2) is 10.7. The van der Waals surface area contributed by atoms with E-state index < -0.39 is 17.7 Å². The molecule has 0 aliphatic heterocycles. The largest absolute Gasteiger partial charge is 0.444 e. The van der Waals surface area contributed by atoms with Crippen molar-refractivity contribution in [2.45, 2.75) is 58.1 Å². The first-order valence-electron chi connectivity index (χ1n) is 11.4. The number of imidazole rings is 1. The van der Waals surface area contributed by atoms with Crippen molar-refractivity contribution < 1.29 is 23.9 Å². The molecule has 0 bridgehead atoms. The molecule has 3 rings (SSSR count). The summed E-state index contributed by atoms with van der Waals surface area (Å²) in [5, 5.41) is 2.67. The summed E-state index contributed by atoms with van der Waals surface area (Å²) in [4.78, 5) is 48.6. The number of hydrogen-bond acceptors (Lipinski definition) is 6. The van der Waals surface area contributed by atoms with Gasteiger partial charge in [-0.1, -0.05) is 17.9 Å². The summed E-state index contributed by atoms with van der Waals surface area (Å²) in [5.41, 5.74) is 1.09. The Labute approximate surface area is 198 Å². The molecule has 9 nitrogen and oxygen atoms in total. The van der Waals surface area contributed by atoms with Crippen molar-refractivity contribution in [3.63, 3.8) is 0 Å². The standard InChI is InChI=1S/C25H31N3O6/c1-25(2,3)34-23(31)26-13-7-15-33-14-6-9-17-8-5-10-20-22(17)27(4)24(32)28(20)19-12-11-18(29)16-21(19)30/h5,8,10,19H,7,11-16H2,1-4H3,(H,26,31). The van der Waals surface area contributed by atoms with Crippen LogP contribution in [-0.2, 0) is 26.1 Å². The van der Waals surface area contributed by atoms with Gasteiger partial charge in [-0.15, -0.1) is 0 Å². The van der Waals surface area contributed by atoms with Crippen molar-refractivity contribution in [3.8, 4) is 11.8 Å². The molecule has 1 unspecified atom stereocenters. The average molecular weight is 470 g/mol. The van der Waals surface area contributed by atoms with Gasteiger partial charge in [0, 0.05) is 26.6 Å². The molecule has 1 aliphatic rings. The second-order valence-corrected chi connectivity index (χ2v) is 9.26. The normalized spacial score (nSPS) is 16.3. The summed E-state index contributed by atoms with van der Waals surface area (Å²) in [5.74, 6) is 5.70. The number of rotatable bonds is 6. The summed E-state index contributed by atoms with van der Waals surface area (Å²) >= 11 is 0. The Bertz CT molecular complexity index is 1210. The number of ketones is 2. The zero-order valence-corrected chi connectivity index (χ0v) is 20.1. The second-order valence-electron chi connectivity index (χ2n) is 9.26. The number of ether oxygens (including phenoxy) is 2. The molecule has 0 spiro atoms. The van der Waals surface area contributed by atoms with Crippen LogP contribution in [0.5, 0.6) is 0 Å². The SMILES string of the molecule is Cn1c(=O)n(C2CCC(=O)CC2=O)c2cccc(C#CCOCCCNC(=O)OC(C)(C)C)c21. The number of nitrogens with one attached hydrogen (secondary N) is 1. The summed E-state index contributed by atoms with van der Waals surface area (Å²) < 4.78 is 13.7. The van der Waals surface area contributed by atoms with Gasteiger partial charge < -0.3 is 14.8 Å². The molecular weight excluding hydrogens is 438 g/mol. The highest BCUT2D eigenvalue weighted by molar-refractivity contribution is 6.03. The first-order chi connectivity index (χ1) is 16.1. The van der Waals surface area contributed by atoms with Gasteiger partial charge in [0.05, 0.1) is 29.1 Å². The number of fused-ring (bicyclic) bond motifs is 1. The van der Waals surface area contributed by atoms with Crippen molar-refractivity contribution in [2.75, 3.05) is 19.8 Å². The fourth-order valence-corrected chi connectivity index (χ4v) is 3.91. The lowest BCUT2D eigenvalue weighted by molar-refractivity contribution is -0.132. The summed E-state index contributed by atoms with van der Waals surface area (Å²) in [6, 6.07) is 4.77. The van der Waals surface area contributed by atoms with E-state index in [1.807, 2.05) is 6.07 Å². The van der Waals surface area contributed by atoms with E-state index >= 15 is 0 Å². The van der Waals surface area contributed by atoms with Gasteiger partial charge in [0.25, 0.3) is 0 Å². The molecule has 1 saturated carbocycles. The van der Waals surface area contributed by atoms with Crippen LogP contribution in [0.15, 0.2) is 23.0 Å². The van der Waals surface area contributed by atoms with Gasteiger partial charge in [-0.2, -0.15) is 0 Å². The number of nitrogens with zero attached hydrogens (tertiary/aromatic N) is 2. The maximum atomic E-state index is 12.9. The van der Waals surface area contributed by atoms with Gasteiger partial charge in [-0.3, -0.25) is 18.7 Å². The van der Waals surface area contributed by atoms with Crippen LogP contribution in [-0.4, -0.2) is 52.2 Å². The van der Waals surface area contributed by atoms with Crippen molar-refractivity contribution >= 4 is 28.7 Å². The molecule has 1 aromatic heterocycles. The third-order valence-corrected chi connectivity index (χ3v) is 5.38. The summed E-state index contributed by atoms with van der Waals surface area (Å²) in [6.45, 7) is 6.47. The van der Waals surface area contributed by atoms with Crippen LogP contribution in [0.4, 0.5) is 4.79 Å². The molecular formula is C25H31N3O6. The number of aromatic nitrogens is 2. The molecule has 2 aromatic rings. The Hall–Kier alpha value is -3.38. The Balaban J connectivity index is 1.61. The van der Waals surface area contributed by atoms with Crippen molar-refractivity contribution in [1.29, 1.82) is 0 Å². The van der Waals surface area contributed by atoms with E-state index in [1.165, 1.54) is 9.13 Å². The molecule has 1 aromatic carbocycles. The summed E-state index contributed by atoms with van der Waals surface area (Å²) in [6.07, 6.45) is 0.662. The van der Waals surface area contributed by atoms with E-state index in [2.05, 4.69) is 17.2 Å². The Morgan fingerprint density at radius 1 is 1.24 bits per heavy atom. The average Bonchev–Trinajstić information content (AvgIpc) is 3.00. The molecule has 0 saturated heterocycles. The molecule has 1 fully saturated rings. The molecule has 1 heterocycles. The zero-order valence-electron chi connectivity index (χ0n) is 20.1. The van der Waals surface area contributed by atoms with E-state index in [0.717, 1.165) is 0 Å². The number of aryl methyl sites for hydroxylation is 1. The Kier molecular flexibility index (Phi) is 7.94. The van der Waals surface area contributed by atoms with E-state index in [4.69, 9.17) is 9.47 Å². The Morgan fingerprint density at radius 3 is 2.71 bits per heavy atom. The minimum atomic E-state index is -0.630. The predicted molar refractivity (Wildman–Crippen MR) is 127 cm³/mol. The van der Waals surface area contributed by atoms with Crippen LogP contribution in [0.3, 0.4) is 0 Å². The maximum Gasteiger partial charge on any atom is 0.407 e. The van der Waals surface area contributed by atoms with Crippen molar-refractivity contribution in [1.82, 2.24) is 14.5 Å². The van der Waals surface area contributed by atoms with Gasteiger partial charge in [0.2, 0.25) is 0 Å². The van der Waals surface area contributed by atoms with Gasteiger partial charge in [-0.25, -0.2) is 9.59 Å². The number of alkyl carbamates (subject to hydrolysis) is 1. The fourth-order valence-electron chi connectivity index (χ4n) is 3.91. The van der Waals surface area contributed by atoms with E-state index in [-0.39, 0.29) is 30.3 Å². The number of hydrogen-bond donors (Lipinski definition) is 1. The van der Waals surface area contributed by atoms with Crippen LogP contribution >= 0.6 is 0 Å². The molecule has 0 radical (unpaired) electrons. The molecule has 1 aliphatic carbocycles. The number of benzene rings is 1. The molecule has 182 valence electrons. The molecule has 9 heteroatoms. The van der Waals surface area contributed by atoms with Crippen LogP contribution < -0.4 is 11.0 Å². The molecule has 1 N–H and O–H groups in total. The number of carbonyl (C=O) groups is 3. The first kappa shape index (κ1) is 25.2. The van der Waals surface area contributed by atoms with Crippen LogP contribution in [0.2, 0.25) is 0 Å². The van der Waals surface area contributed by atoms with Gasteiger partial charge >= 0.3 is 11.8 Å². The number of para-hydroxylation sites is 1. The molecule has 1 amide bonds. The lowest BCUT2D eigenvalue weighted by atomic mass is 9.92. The number of Topliss-reactive ketones (excluding diaryl/α,β-unsaturated/α-hetero) is 2. The topological polar surface area (TPSA) is 109 Å². The molecule has 1 atom stereocenters. The lowest BCUT2D eigenvalue weighted by Crippen LogP contribution is -2.34. The maximum absolute atomic E-state index is 12.9. The third-order valence-electron chi connectivity index (χ3n) is 5.38. The van der Waals surface area contributed by atoms with Crippen LogP contribution in [0.25, 0.3) is 11.0 Å².